The molecule has 1 aromatic carbocycles. The van der Waals surface area contributed by atoms with Gasteiger partial charge in [-0.15, -0.1) is 0 Å². The standard InChI is InChI=1S/C14H17N3O4/c1-2-7-21-13-5-3-4-12(14(13)17(18)19)16-6-8-20-11(9-15)10-16/h3-5,11H,2,6-8,10H2,1H3. The third-order valence-corrected chi connectivity index (χ3v) is 3.17. The zero-order chi connectivity index (χ0) is 15.2. The lowest BCUT2D eigenvalue weighted by molar-refractivity contribution is -0.385. The van der Waals surface area contributed by atoms with Crippen LogP contribution in [-0.2, 0) is 4.74 Å². The van der Waals surface area contributed by atoms with Crippen LogP contribution in [0.5, 0.6) is 5.75 Å². The van der Waals surface area contributed by atoms with E-state index in [0.29, 0.717) is 32.0 Å². The van der Waals surface area contributed by atoms with E-state index >= 15 is 0 Å². The van der Waals surface area contributed by atoms with Crippen LogP contribution in [-0.4, -0.2) is 37.3 Å². The highest BCUT2D eigenvalue weighted by Gasteiger charge is 2.28. The maximum atomic E-state index is 11.4. The Morgan fingerprint density at radius 1 is 1.62 bits per heavy atom. The first-order valence-corrected chi connectivity index (χ1v) is 6.83. The fraction of sp³-hybridized carbons (Fsp3) is 0.500. The van der Waals surface area contributed by atoms with Gasteiger partial charge in [-0.25, -0.2) is 0 Å². The van der Waals surface area contributed by atoms with E-state index < -0.39 is 11.0 Å². The van der Waals surface area contributed by atoms with Crippen LogP contribution in [0.3, 0.4) is 0 Å². The van der Waals surface area contributed by atoms with Crippen LogP contribution in [0.1, 0.15) is 13.3 Å². The number of nitrogens with zero attached hydrogens (tertiary/aromatic N) is 3. The molecular weight excluding hydrogens is 274 g/mol. The number of anilines is 1. The van der Waals surface area contributed by atoms with Gasteiger partial charge in [-0.3, -0.25) is 10.1 Å². The molecule has 21 heavy (non-hydrogen) atoms. The maximum Gasteiger partial charge on any atom is 0.333 e. The molecule has 2 rings (SSSR count). The predicted octanol–water partition coefficient (Wildman–Crippen LogP) is 2.11. The van der Waals surface area contributed by atoms with Crippen LogP contribution in [0, 0.1) is 21.4 Å². The number of ether oxygens (including phenoxy) is 2. The summed E-state index contributed by atoms with van der Waals surface area (Å²) in [6.07, 6.45) is 0.202. The highest BCUT2D eigenvalue weighted by molar-refractivity contribution is 5.70. The van der Waals surface area contributed by atoms with Gasteiger partial charge in [0, 0.05) is 6.54 Å². The van der Waals surface area contributed by atoms with Crippen molar-refractivity contribution in [2.24, 2.45) is 0 Å². The van der Waals surface area contributed by atoms with Gasteiger partial charge < -0.3 is 14.4 Å². The molecule has 1 aliphatic rings. The normalized spacial score (nSPS) is 18.1. The molecular formula is C14H17N3O4. The van der Waals surface area contributed by atoms with Gasteiger partial charge in [0.2, 0.25) is 0 Å². The largest absolute Gasteiger partial charge is 0.487 e. The molecule has 0 radical (unpaired) electrons. The molecule has 0 aliphatic carbocycles. The second kappa shape index (κ2) is 6.90. The lowest BCUT2D eigenvalue weighted by Crippen LogP contribution is -2.42. The third-order valence-electron chi connectivity index (χ3n) is 3.17. The molecule has 0 amide bonds. The van der Waals surface area contributed by atoms with Crippen LogP contribution >= 0.6 is 0 Å². The summed E-state index contributed by atoms with van der Waals surface area (Å²) in [5.74, 6) is 0.263. The van der Waals surface area contributed by atoms with Gasteiger partial charge in [-0.05, 0) is 18.6 Å². The number of rotatable bonds is 5. The molecule has 1 aromatic rings. The number of hydrogen-bond acceptors (Lipinski definition) is 6. The van der Waals surface area contributed by atoms with Crippen LogP contribution in [0.15, 0.2) is 18.2 Å². The fourth-order valence-corrected chi connectivity index (χ4v) is 2.22. The second-order valence-electron chi connectivity index (χ2n) is 4.66. The number of nitro groups is 1. The van der Waals surface area contributed by atoms with Crippen molar-refractivity contribution in [1.29, 1.82) is 5.26 Å². The lowest BCUT2D eigenvalue weighted by Gasteiger charge is -2.31. The summed E-state index contributed by atoms with van der Waals surface area (Å²) < 4.78 is 10.7. The monoisotopic (exact) mass is 291 g/mol. The summed E-state index contributed by atoms with van der Waals surface area (Å²) in [7, 11) is 0. The first-order chi connectivity index (χ1) is 10.2. The van der Waals surface area contributed by atoms with Crippen LogP contribution in [0.25, 0.3) is 0 Å². The Morgan fingerprint density at radius 3 is 3.10 bits per heavy atom. The third kappa shape index (κ3) is 3.41. The van der Waals surface area contributed by atoms with E-state index in [1.165, 1.54) is 0 Å². The number of morpholine rings is 1. The summed E-state index contributed by atoms with van der Waals surface area (Å²) in [4.78, 5) is 12.8. The highest BCUT2D eigenvalue weighted by Crippen LogP contribution is 2.37. The van der Waals surface area contributed by atoms with Crippen molar-refractivity contribution in [2.45, 2.75) is 19.4 Å². The van der Waals surface area contributed by atoms with Crippen molar-refractivity contribution in [1.82, 2.24) is 0 Å². The predicted molar refractivity (Wildman–Crippen MR) is 76.4 cm³/mol. The Labute approximate surface area is 122 Å². The number of nitro benzene ring substituents is 1. The second-order valence-corrected chi connectivity index (χ2v) is 4.66. The van der Waals surface area contributed by atoms with Crippen LogP contribution < -0.4 is 9.64 Å². The van der Waals surface area contributed by atoms with Gasteiger partial charge in [0.15, 0.2) is 11.9 Å². The van der Waals surface area contributed by atoms with Gasteiger partial charge in [-0.2, -0.15) is 5.26 Å². The topological polar surface area (TPSA) is 88.6 Å². The average molecular weight is 291 g/mol. The molecule has 7 heteroatoms. The van der Waals surface area contributed by atoms with Crippen molar-refractivity contribution in [3.8, 4) is 11.8 Å². The van der Waals surface area contributed by atoms with Crippen LogP contribution in [0.4, 0.5) is 11.4 Å². The molecule has 1 fully saturated rings. The molecule has 1 unspecified atom stereocenters. The molecule has 112 valence electrons. The zero-order valence-electron chi connectivity index (χ0n) is 11.8. The van der Waals surface area contributed by atoms with Crippen LogP contribution in [0.2, 0.25) is 0 Å². The van der Waals surface area contributed by atoms with E-state index in [2.05, 4.69) is 0 Å². The molecule has 0 spiro atoms. The van der Waals surface area contributed by atoms with Crippen molar-refractivity contribution in [2.75, 3.05) is 31.2 Å². The van der Waals surface area contributed by atoms with Crippen molar-refractivity contribution in [3.63, 3.8) is 0 Å². The van der Waals surface area contributed by atoms with Crippen molar-refractivity contribution >= 4 is 11.4 Å². The van der Waals surface area contributed by atoms with Gasteiger partial charge in [0.25, 0.3) is 0 Å². The minimum atomic E-state index is -0.571. The Bertz CT molecular complexity index is 556. The highest BCUT2D eigenvalue weighted by atomic mass is 16.6. The van der Waals surface area contributed by atoms with Crippen molar-refractivity contribution < 1.29 is 14.4 Å². The summed E-state index contributed by atoms with van der Waals surface area (Å²) in [6, 6.07) is 7.04. The van der Waals surface area contributed by atoms with E-state index in [1.54, 1.807) is 23.1 Å². The molecule has 7 nitrogen and oxygen atoms in total. The molecule has 0 bridgehead atoms. The van der Waals surface area contributed by atoms with E-state index in [1.807, 2.05) is 13.0 Å². The SMILES string of the molecule is CCCOc1cccc(N2CCOC(C#N)C2)c1[N+](=O)[O-]. The Balaban J connectivity index is 2.34. The van der Waals surface area contributed by atoms with E-state index in [-0.39, 0.29) is 11.4 Å². The number of hydrogen-bond donors (Lipinski definition) is 0. The van der Waals surface area contributed by atoms with E-state index in [9.17, 15) is 10.1 Å². The first-order valence-electron chi connectivity index (χ1n) is 6.83. The van der Waals surface area contributed by atoms with Gasteiger partial charge >= 0.3 is 5.69 Å². The van der Waals surface area contributed by atoms with E-state index in [0.717, 1.165) is 6.42 Å². The summed E-state index contributed by atoms with van der Waals surface area (Å²) >= 11 is 0. The minimum absolute atomic E-state index is 0.0514. The molecule has 0 N–H and O–H groups in total. The molecule has 0 aromatic heterocycles. The summed E-state index contributed by atoms with van der Waals surface area (Å²) in [6.45, 7) is 3.56. The molecule has 1 atom stereocenters. The molecule has 0 saturated carbocycles. The first kappa shape index (κ1) is 15.1. The summed E-state index contributed by atoms with van der Waals surface area (Å²) in [5, 5.41) is 20.3. The van der Waals surface area contributed by atoms with Crippen molar-refractivity contribution in [3.05, 3.63) is 28.3 Å². The van der Waals surface area contributed by atoms with Gasteiger partial charge in [0.05, 0.1) is 30.8 Å². The molecule has 1 saturated heterocycles. The minimum Gasteiger partial charge on any atom is -0.487 e. The zero-order valence-corrected chi connectivity index (χ0v) is 11.8. The Morgan fingerprint density at radius 2 is 2.43 bits per heavy atom. The Kier molecular flexibility index (Phi) is 4.95. The maximum absolute atomic E-state index is 11.4. The van der Waals surface area contributed by atoms with E-state index in [4.69, 9.17) is 14.7 Å². The number of para-hydroxylation sites is 1. The average Bonchev–Trinajstić information content (AvgIpc) is 2.52. The molecule has 1 aliphatic heterocycles. The Hall–Kier alpha value is -2.33. The fourth-order valence-electron chi connectivity index (χ4n) is 2.22. The quantitative estimate of drug-likeness (QED) is 0.609. The lowest BCUT2D eigenvalue weighted by atomic mass is 10.2. The number of benzene rings is 1. The van der Waals surface area contributed by atoms with Gasteiger partial charge in [0.1, 0.15) is 5.69 Å². The smallest absolute Gasteiger partial charge is 0.333 e. The number of nitriles is 1. The summed E-state index contributed by atoms with van der Waals surface area (Å²) in [5.41, 5.74) is 0.418. The molecule has 1 heterocycles. The van der Waals surface area contributed by atoms with Gasteiger partial charge in [-0.1, -0.05) is 13.0 Å².